The minimum absolute atomic E-state index is 0.0140. The number of imide groups is 1. The smallest absolute Gasteiger partial charge is 0.329 e. The highest BCUT2D eigenvalue weighted by Gasteiger charge is 2.33. The van der Waals surface area contributed by atoms with Crippen LogP contribution in [0.3, 0.4) is 0 Å². The molecule has 2 N–H and O–H groups in total. The van der Waals surface area contributed by atoms with Crippen LogP contribution in [0.1, 0.15) is 11.1 Å². The quantitative estimate of drug-likeness (QED) is 0.426. The summed E-state index contributed by atoms with van der Waals surface area (Å²) in [5.74, 6) is -0.863. The summed E-state index contributed by atoms with van der Waals surface area (Å²) in [5.41, 5.74) is 1.88. The largest absolute Gasteiger partial charge is 0.483 e. The molecule has 0 spiro atoms. The van der Waals surface area contributed by atoms with E-state index in [1.54, 1.807) is 36.4 Å². The zero-order chi connectivity index (χ0) is 23.2. The molecular weight excluding hydrogens is 425 g/mol. The number of rotatable bonds is 7. The van der Waals surface area contributed by atoms with E-state index in [1.807, 2.05) is 18.2 Å². The number of hydrogen-bond donors (Lipinski definition) is 2. The van der Waals surface area contributed by atoms with E-state index < -0.39 is 17.8 Å². The van der Waals surface area contributed by atoms with E-state index >= 15 is 0 Å². The van der Waals surface area contributed by atoms with Crippen molar-refractivity contribution >= 4 is 29.6 Å². The number of carbonyl (C=O) groups is 3. The lowest BCUT2D eigenvalue weighted by molar-refractivity contribution is -0.123. The Kier molecular flexibility index (Phi) is 6.45. The number of carbonyl (C=O) groups excluding carboxylic acids is 3. The van der Waals surface area contributed by atoms with Crippen molar-refractivity contribution in [3.63, 3.8) is 0 Å². The summed E-state index contributed by atoms with van der Waals surface area (Å²) >= 11 is 0. The third-order valence-corrected chi connectivity index (χ3v) is 4.85. The van der Waals surface area contributed by atoms with Crippen molar-refractivity contribution in [2.45, 2.75) is 6.54 Å². The number of ether oxygens (including phenoxy) is 1. The molecule has 0 bridgehead atoms. The summed E-state index contributed by atoms with van der Waals surface area (Å²) in [7, 11) is 0. The van der Waals surface area contributed by atoms with Crippen LogP contribution in [0.2, 0.25) is 0 Å². The summed E-state index contributed by atoms with van der Waals surface area (Å²) in [5, 5.41) is 5.28. The van der Waals surface area contributed by atoms with Gasteiger partial charge in [-0.1, -0.05) is 48.5 Å². The Labute approximate surface area is 189 Å². The summed E-state index contributed by atoms with van der Waals surface area (Å²) < 4.78 is 18.8. The molecule has 3 aromatic rings. The lowest BCUT2D eigenvalue weighted by Crippen LogP contribution is -2.30. The van der Waals surface area contributed by atoms with E-state index in [1.165, 1.54) is 30.3 Å². The second kappa shape index (κ2) is 9.78. The van der Waals surface area contributed by atoms with E-state index in [2.05, 4.69) is 10.6 Å². The first kappa shape index (κ1) is 21.8. The number of benzene rings is 3. The summed E-state index contributed by atoms with van der Waals surface area (Å²) in [4.78, 5) is 38.3. The van der Waals surface area contributed by atoms with Crippen molar-refractivity contribution in [3.05, 3.63) is 102 Å². The maximum absolute atomic E-state index is 13.1. The van der Waals surface area contributed by atoms with Gasteiger partial charge >= 0.3 is 6.03 Å². The number of nitrogens with zero attached hydrogens (tertiary/aromatic N) is 1. The van der Waals surface area contributed by atoms with Gasteiger partial charge in [0.2, 0.25) is 0 Å². The molecular formula is C25H20FN3O4. The van der Waals surface area contributed by atoms with Crippen LogP contribution >= 0.6 is 0 Å². The molecule has 0 aromatic heterocycles. The van der Waals surface area contributed by atoms with Crippen molar-refractivity contribution in [1.82, 2.24) is 10.2 Å². The van der Waals surface area contributed by atoms with E-state index in [0.717, 1.165) is 4.90 Å². The van der Waals surface area contributed by atoms with Gasteiger partial charge in [-0.25, -0.2) is 9.18 Å². The molecule has 4 rings (SSSR count). The van der Waals surface area contributed by atoms with Gasteiger partial charge in [0.05, 0.1) is 6.54 Å². The highest BCUT2D eigenvalue weighted by atomic mass is 19.1. The minimum atomic E-state index is -0.573. The normalized spacial score (nSPS) is 14.3. The van der Waals surface area contributed by atoms with Gasteiger partial charge in [-0.2, -0.15) is 0 Å². The van der Waals surface area contributed by atoms with Crippen LogP contribution in [0.25, 0.3) is 6.08 Å². The molecule has 1 fully saturated rings. The minimum Gasteiger partial charge on any atom is -0.483 e. The van der Waals surface area contributed by atoms with Gasteiger partial charge in [-0.05, 0) is 42.0 Å². The zero-order valence-electron chi connectivity index (χ0n) is 17.5. The fourth-order valence-corrected chi connectivity index (χ4v) is 3.24. The second-order valence-corrected chi connectivity index (χ2v) is 7.25. The van der Waals surface area contributed by atoms with Crippen molar-refractivity contribution in [3.8, 4) is 5.75 Å². The molecule has 0 saturated carbocycles. The summed E-state index contributed by atoms with van der Waals surface area (Å²) in [6.07, 6.45) is 1.50. The Hall–Kier alpha value is -4.46. The predicted molar refractivity (Wildman–Crippen MR) is 120 cm³/mol. The molecule has 33 heavy (non-hydrogen) atoms. The monoisotopic (exact) mass is 445 g/mol. The number of halogens is 1. The van der Waals surface area contributed by atoms with Crippen molar-refractivity contribution in [1.29, 1.82) is 0 Å². The Bertz CT molecular complexity index is 1210. The molecule has 4 amide bonds. The Morgan fingerprint density at radius 3 is 2.42 bits per heavy atom. The fourth-order valence-electron chi connectivity index (χ4n) is 3.24. The van der Waals surface area contributed by atoms with E-state index in [4.69, 9.17) is 4.74 Å². The Morgan fingerprint density at radius 1 is 0.970 bits per heavy atom. The van der Waals surface area contributed by atoms with Gasteiger partial charge in [-0.15, -0.1) is 0 Å². The molecule has 1 heterocycles. The van der Waals surface area contributed by atoms with Gasteiger partial charge < -0.3 is 15.4 Å². The molecule has 8 heteroatoms. The highest BCUT2D eigenvalue weighted by Crippen LogP contribution is 2.23. The summed E-state index contributed by atoms with van der Waals surface area (Å²) in [6, 6.07) is 20.9. The van der Waals surface area contributed by atoms with Crippen LogP contribution in [-0.2, 0) is 16.1 Å². The lowest BCUT2D eigenvalue weighted by Gasteiger charge is -2.12. The average molecular weight is 445 g/mol. The van der Waals surface area contributed by atoms with Gasteiger partial charge in [0, 0.05) is 11.3 Å². The van der Waals surface area contributed by atoms with Crippen LogP contribution in [0.5, 0.6) is 5.75 Å². The number of nitrogens with one attached hydrogen (secondary N) is 2. The second-order valence-electron chi connectivity index (χ2n) is 7.25. The molecule has 1 aliphatic heterocycles. The van der Waals surface area contributed by atoms with Gasteiger partial charge in [0.15, 0.2) is 6.61 Å². The first-order valence-electron chi connectivity index (χ1n) is 10.2. The van der Waals surface area contributed by atoms with Gasteiger partial charge in [0.1, 0.15) is 17.3 Å². The molecule has 1 saturated heterocycles. The van der Waals surface area contributed by atoms with Crippen LogP contribution in [0.15, 0.2) is 84.6 Å². The molecule has 0 unspecified atom stereocenters. The number of urea groups is 1. The Morgan fingerprint density at radius 2 is 1.67 bits per heavy atom. The van der Waals surface area contributed by atoms with E-state index in [0.29, 0.717) is 22.6 Å². The summed E-state index contributed by atoms with van der Waals surface area (Å²) in [6.45, 7) is -0.216. The molecule has 0 atom stereocenters. The van der Waals surface area contributed by atoms with E-state index in [-0.39, 0.29) is 24.8 Å². The first-order valence-corrected chi connectivity index (χ1v) is 10.2. The number of anilines is 1. The number of para-hydroxylation sites is 2. The third-order valence-electron chi connectivity index (χ3n) is 4.85. The first-order chi connectivity index (χ1) is 16.0. The number of hydrogen-bond acceptors (Lipinski definition) is 4. The Balaban J connectivity index is 1.44. The van der Waals surface area contributed by atoms with Gasteiger partial charge in [0.25, 0.3) is 11.8 Å². The van der Waals surface area contributed by atoms with Crippen LogP contribution in [-0.4, -0.2) is 29.4 Å². The molecule has 1 aliphatic rings. The molecule has 0 aliphatic carbocycles. The fraction of sp³-hybridized carbons (Fsp3) is 0.0800. The SMILES string of the molecule is O=C(COc1ccccc1/C=C1/NC(=O)N(Cc2ccc(F)cc2)C1=O)Nc1ccccc1. The average Bonchev–Trinajstić information content (AvgIpc) is 3.08. The standard InChI is InChI=1S/C25H20FN3O4/c26-19-12-10-17(11-13-19)15-29-24(31)21(28-25(29)32)14-18-6-4-5-9-22(18)33-16-23(30)27-20-7-2-1-3-8-20/h1-14H,15-16H2,(H,27,30)(H,28,32)/b21-14+. The van der Waals surface area contributed by atoms with Crippen molar-refractivity contribution < 1.29 is 23.5 Å². The van der Waals surface area contributed by atoms with Crippen LogP contribution < -0.4 is 15.4 Å². The third kappa shape index (κ3) is 5.43. The maximum Gasteiger partial charge on any atom is 0.329 e. The topological polar surface area (TPSA) is 87.7 Å². The van der Waals surface area contributed by atoms with Crippen molar-refractivity contribution in [2.75, 3.05) is 11.9 Å². The maximum atomic E-state index is 13.1. The molecule has 7 nitrogen and oxygen atoms in total. The van der Waals surface area contributed by atoms with Crippen LogP contribution in [0, 0.1) is 5.82 Å². The number of amides is 4. The zero-order valence-corrected chi connectivity index (χ0v) is 17.5. The van der Waals surface area contributed by atoms with Crippen molar-refractivity contribution in [2.24, 2.45) is 0 Å². The molecule has 3 aromatic carbocycles. The van der Waals surface area contributed by atoms with Gasteiger partial charge in [-0.3, -0.25) is 14.5 Å². The molecule has 166 valence electrons. The predicted octanol–water partition coefficient (Wildman–Crippen LogP) is 3.94. The van der Waals surface area contributed by atoms with Crippen LogP contribution in [0.4, 0.5) is 14.9 Å². The molecule has 0 radical (unpaired) electrons. The van der Waals surface area contributed by atoms with E-state index in [9.17, 15) is 18.8 Å². The lowest BCUT2D eigenvalue weighted by atomic mass is 10.1. The highest BCUT2D eigenvalue weighted by molar-refractivity contribution is 6.14.